The number of nitrogens with one attached hydrogen (secondary N) is 1. The molecule has 1 atom stereocenters. The van der Waals surface area contributed by atoms with Crippen LogP contribution in [0.5, 0.6) is 0 Å². The number of pyridine rings is 1. The first-order valence-corrected chi connectivity index (χ1v) is 6.65. The average molecular weight is 291 g/mol. The van der Waals surface area contributed by atoms with E-state index in [4.69, 9.17) is 5.73 Å². The maximum atomic E-state index is 11.8. The number of aromatic nitrogens is 1. The first kappa shape index (κ1) is 16.8. The minimum Gasteiger partial charge on any atom is -0.469 e. The Morgan fingerprint density at radius 3 is 2.71 bits per heavy atom. The van der Waals surface area contributed by atoms with Crippen LogP contribution >= 0.6 is 0 Å². The van der Waals surface area contributed by atoms with E-state index in [-0.39, 0.29) is 24.7 Å². The molecular weight excluding hydrogens is 270 g/mol. The third-order valence-corrected chi connectivity index (χ3v) is 2.99. The van der Waals surface area contributed by atoms with E-state index in [1.54, 1.807) is 6.20 Å². The van der Waals surface area contributed by atoms with Gasteiger partial charge in [-0.1, -0.05) is 12.6 Å². The number of carbonyl (C=O) groups is 2. The zero-order chi connectivity index (χ0) is 15.8. The van der Waals surface area contributed by atoms with Crippen LogP contribution in [0.4, 0.5) is 0 Å². The van der Waals surface area contributed by atoms with Crippen LogP contribution in [-0.4, -0.2) is 30.0 Å². The fourth-order valence-electron chi connectivity index (χ4n) is 1.60. The lowest BCUT2D eigenvalue weighted by Crippen LogP contribution is -2.40. The maximum Gasteiger partial charge on any atom is 0.305 e. The van der Waals surface area contributed by atoms with Crippen LogP contribution in [0.15, 0.2) is 24.9 Å². The molecule has 1 amide bonds. The summed E-state index contributed by atoms with van der Waals surface area (Å²) in [6.45, 7) is 6.02. The summed E-state index contributed by atoms with van der Waals surface area (Å²) < 4.78 is 4.50. The second kappa shape index (κ2) is 8.16. The summed E-state index contributed by atoms with van der Waals surface area (Å²) in [6, 6.07) is 2.98. The molecule has 0 saturated heterocycles. The number of carbonyl (C=O) groups excluding carboxylic acids is 2. The molecule has 6 nitrogen and oxygen atoms in total. The van der Waals surface area contributed by atoms with Gasteiger partial charge in [0.1, 0.15) is 0 Å². The van der Waals surface area contributed by atoms with Gasteiger partial charge < -0.3 is 15.8 Å². The molecule has 0 fully saturated rings. The van der Waals surface area contributed by atoms with Gasteiger partial charge in [0.15, 0.2) is 0 Å². The number of nitrogens with two attached hydrogens (primary N) is 1. The van der Waals surface area contributed by atoms with E-state index in [2.05, 4.69) is 21.6 Å². The van der Waals surface area contributed by atoms with E-state index >= 15 is 0 Å². The van der Waals surface area contributed by atoms with Crippen molar-refractivity contribution in [2.75, 3.05) is 7.11 Å². The lowest BCUT2D eigenvalue weighted by Gasteiger charge is -2.11. The minimum atomic E-state index is -0.737. The molecule has 0 unspecified atom stereocenters. The first-order valence-electron chi connectivity index (χ1n) is 6.65. The summed E-state index contributed by atoms with van der Waals surface area (Å²) in [5.74, 6) is -0.694. The smallest absolute Gasteiger partial charge is 0.305 e. The molecule has 0 aliphatic heterocycles. The van der Waals surface area contributed by atoms with Crippen molar-refractivity contribution < 1.29 is 14.3 Å². The van der Waals surface area contributed by atoms with Crippen molar-refractivity contribution in [3.63, 3.8) is 0 Å². The van der Waals surface area contributed by atoms with E-state index in [1.165, 1.54) is 7.11 Å². The second-order valence-corrected chi connectivity index (χ2v) is 4.76. The number of nitrogens with zero attached hydrogens (tertiary/aromatic N) is 1. The molecule has 114 valence electrons. The normalized spacial score (nSPS) is 11.6. The Hall–Kier alpha value is -2.21. The summed E-state index contributed by atoms with van der Waals surface area (Å²) in [7, 11) is 1.30. The Balaban J connectivity index is 2.41. The van der Waals surface area contributed by atoms with Gasteiger partial charge in [0.05, 0.1) is 25.4 Å². The molecule has 0 radical (unpaired) electrons. The SMILES string of the molecule is C=C(C)c1ccc(CNC(=O)[C@H](N)CCC(=O)OC)nc1. The number of allylic oxidation sites excluding steroid dienone is 1. The lowest BCUT2D eigenvalue weighted by molar-refractivity contribution is -0.140. The summed E-state index contributed by atoms with van der Waals surface area (Å²) >= 11 is 0. The van der Waals surface area contributed by atoms with Crippen LogP contribution < -0.4 is 11.1 Å². The van der Waals surface area contributed by atoms with E-state index in [0.29, 0.717) is 6.54 Å². The van der Waals surface area contributed by atoms with Gasteiger partial charge in [0, 0.05) is 12.6 Å². The number of esters is 1. The molecule has 0 bridgehead atoms. The molecule has 1 aromatic heterocycles. The van der Waals surface area contributed by atoms with Gasteiger partial charge in [0.25, 0.3) is 0 Å². The van der Waals surface area contributed by atoms with E-state index in [9.17, 15) is 9.59 Å². The third kappa shape index (κ3) is 5.74. The molecule has 0 aromatic carbocycles. The molecule has 0 aliphatic carbocycles. The Kier molecular flexibility index (Phi) is 6.55. The molecule has 0 aliphatic rings. The van der Waals surface area contributed by atoms with Crippen molar-refractivity contribution in [2.45, 2.75) is 32.4 Å². The predicted molar refractivity (Wildman–Crippen MR) is 80.0 cm³/mol. The van der Waals surface area contributed by atoms with Gasteiger partial charge in [0.2, 0.25) is 5.91 Å². The van der Waals surface area contributed by atoms with Crippen LogP contribution in [0.25, 0.3) is 5.57 Å². The quantitative estimate of drug-likeness (QED) is 0.731. The van der Waals surface area contributed by atoms with Gasteiger partial charge >= 0.3 is 5.97 Å². The highest BCUT2D eigenvalue weighted by atomic mass is 16.5. The topological polar surface area (TPSA) is 94.3 Å². The first-order chi connectivity index (χ1) is 9.93. The number of hydrogen-bond donors (Lipinski definition) is 2. The lowest BCUT2D eigenvalue weighted by atomic mass is 10.1. The largest absolute Gasteiger partial charge is 0.469 e. The number of amides is 1. The highest BCUT2D eigenvalue weighted by Crippen LogP contribution is 2.09. The van der Waals surface area contributed by atoms with Crippen LogP contribution in [0.1, 0.15) is 31.0 Å². The molecule has 3 N–H and O–H groups in total. The molecule has 0 spiro atoms. The summed E-state index contributed by atoms with van der Waals surface area (Å²) in [5.41, 5.74) is 8.32. The minimum absolute atomic E-state index is 0.122. The Morgan fingerprint density at radius 1 is 1.48 bits per heavy atom. The Morgan fingerprint density at radius 2 is 2.19 bits per heavy atom. The zero-order valence-electron chi connectivity index (χ0n) is 12.4. The van der Waals surface area contributed by atoms with Gasteiger partial charge in [-0.15, -0.1) is 0 Å². The van der Waals surface area contributed by atoms with Crippen molar-refractivity contribution in [1.29, 1.82) is 0 Å². The van der Waals surface area contributed by atoms with Crippen molar-refractivity contribution in [3.8, 4) is 0 Å². The van der Waals surface area contributed by atoms with Gasteiger partial charge in [-0.2, -0.15) is 0 Å². The summed E-state index contributed by atoms with van der Waals surface area (Å²) in [5, 5.41) is 2.69. The molecule has 1 aromatic rings. The van der Waals surface area contributed by atoms with Gasteiger partial charge in [-0.25, -0.2) is 0 Å². The highest BCUT2D eigenvalue weighted by Gasteiger charge is 2.15. The van der Waals surface area contributed by atoms with Crippen molar-refractivity contribution >= 4 is 17.4 Å². The Labute approximate surface area is 124 Å². The zero-order valence-corrected chi connectivity index (χ0v) is 12.4. The van der Waals surface area contributed by atoms with Crippen molar-refractivity contribution in [1.82, 2.24) is 10.3 Å². The molecule has 1 heterocycles. The number of ether oxygens (including phenoxy) is 1. The molecule has 21 heavy (non-hydrogen) atoms. The molecule has 6 heteroatoms. The second-order valence-electron chi connectivity index (χ2n) is 4.76. The van der Waals surface area contributed by atoms with E-state index < -0.39 is 6.04 Å². The van der Waals surface area contributed by atoms with E-state index in [0.717, 1.165) is 16.8 Å². The standard InChI is InChI=1S/C15H21N3O3/c1-10(2)11-4-5-12(17-8-11)9-18-15(20)13(16)6-7-14(19)21-3/h4-5,8,13H,1,6-7,9,16H2,2-3H3,(H,18,20)/t13-/m1/s1. The third-order valence-electron chi connectivity index (χ3n) is 2.99. The van der Waals surface area contributed by atoms with Crippen LogP contribution in [0.2, 0.25) is 0 Å². The highest BCUT2D eigenvalue weighted by molar-refractivity contribution is 5.82. The maximum absolute atomic E-state index is 11.8. The average Bonchev–Trinajstić information content (AvgIpc) is 2.50. The molecular formula is C15H21N3O3. The number of hydrogen-bond acceptors (Lipinski definition) is 5. The van der Waals surface area contributed by atoms with Gasteiger partial charge in [-0.05, 0) is 30.5 Å². The number of methoxy groups -OCH3 is 1. The van der Waals surface area contributed by atoms with Crippen LogP contribution in [0, 0.1) is 0 Å². The Bertz CT molecular complexity index is 511. The summed E-state index contributed by atoms with van der Waals surface area (Å²) in [4.78, 5) is 27.0. The summed E-state index contributed by atoms with van der Waals surface area (Å²) in [6.07, 6.45) is 2.08. The van der Waals surface area contributed by atoms with Gasteiger partial charge in [-0.3, -0.25) is 14.6 Å². The fourth-order valence-corrected chi connectivity index (χ4v) is 1.60. The van der Waals surface area contributed by atoms with E-state index in [1.807, 2.05) is 19.1 Å². The number of rotatable bonds is 7. The van der Waals surface area contributed by atoms with Crippen LogP contribution in [0.3, 0.4) is 0 Å². The fraction of sp³-hybridized carbons (Fsp3) is 0.400. The predicted octanol–water partition coefficient (Wildman–Crippen LogP) is 1.01. The monoisotopic (exact) mass is 291 g/mol. The van der Waals surface area contributed by atoms with Crippen molar-refractivity contribution in [3.05, 3.63) is 36.2 Å². The van der Waals surface area contributed by atoms with Crippen LogP contribution in [-0.2, 0) is 20.9 Å². The molecule has 0 saturated carbocycles. The van der Waals surface area contributed by atoms with Crippen molar-refractivity contribution in [2.24, 2.45) is 5.73 Å². The molecule has 1 rings (SSSR count).